The Balaban J connectivity index is 1.94. The minimum absolute atomic E-state index is 0.127. The van der Waals surface area contributed by atoms with Gasteiger partial charge in [0.25, 0.3) is 0 Å². The van der Waals surface area contributed by atoms with Crippen molar-refractivity contribution in [1.29, 1.82) is 0 Å². The zero-order valence-electron chi connectivity index (χ0n) is 18.1. The third-order valence-electron chi connectivity index (χ3n) is 6.78. The first-order valence-electron chi connectivity index (χ1n) is 10.6. The lowest BCUT2D eigenvalue weighted by atomic mass is 9.56. The number of carbonyl (C=O) groups excluding carboxylic acids is 2. The van der Waals surface area contributed by atoms with E-state index in [1.165, 1.54) is 5.57 Å². The quantitative estimate of drug-likeness (QED) is 0.388. The van der Waals surface area contributed by atoms with Gasteiger partial charge in [-0.25, -0.2) is 0 Å². The molecule has 0 saturated carbocycles. The van der Waals surface area contributed by atoms with E-state index in [9.17, 15) is 9.59 Å². The number of carbonyl (C=O) groups is 2. The average Bonchev–Trinajstić information content (AvgIpc) is 2.71. The predicted octanol–water partition coefficient (Wildman–Crippen LogP) is 4.86. The molecule has 0 unspecified atom stereocenters. The van der Waals surface area contributed by atoms with Gasteiger partial charge in [0, 0.05) is 29.7 Å². The van der Waals surface area contributed by atoms with Crippen LogP contribution in [0.2, 0.25) is 0 Å². The van der Waals surface area contributed by atoms with Gasteiger partial charge in [-0.2, -0.15) is 0 Å². The van der Waals surface area contributed by atoms with Gasteiger partial charge in [-0.1, -0.05) is 57.5 Å². The Bertz CT molecular complexity index is 798. The van der Waals surface area contributed by atoms with Crippen LogP contribution in [-0.4, -0.2) is 25.2 Å². The van der Waals surface area contributed by atoms with E-state index in [0.29, 0.717) is 31.8 Å². The molecule has 3 rings (SSSR count). The molecule has 1 saturated heterocycles. The van der Waals surface area contributed by atoms with E-state index in [1.807, 2.05) is 31.2 Å². The average molecular weight is 401 g/mol. The van der Waals surface area contributed by atoms with E-state index in [-0.39, 0.29) is 41.2 Å². The number of fused-ring (bicyclic) bond motifs is 2. The van der Waals surface area contributed by atoms with Gasteiger partial charge in [0.15, 0.2) is 0 Å². The largest absolute Gasteiger partial charge is 0.465 e. The molecule has 2 bridgehead atoms. The Labute approximate surface area is 173 Å². The Morgan fingerprint density at radius 2 is 1.83 bits per heavy atom. The number of rotatable bonds is 6. The number of hydrogen-bond donors (Lipinski definition) is 0. The molecular weight excluding hydrogens is 368 g/mol. The molecule has 0 radical (unpaired) electrons. The van der Waals surface area contributed by atoms with E-state index in [0.717, 1.165) is 5.56 Å². The molecule has 0 aromatic heterocycles. The van der Waals surface area contributed by atoms with Gasteiger partial charge in [-0.15, -0.1) is 0 Å². The van der Waals surface area contributed by atoms with E-state index in [4.69, 9.17) is 14.2 Å². The standard InChI is InChI=1S/C24H32O5/c1-6-20(25)27-13-24-14-28-23(22(17(24)5)15(3)12-16(24)4)18-10-8-9-11-19(18)29-21(26)7-2/h8-12,16-17,22-23H,6-7,13-14H2,1-5H3/t16-,17-,22+,23+,24-/m1/s1. The fourth-order valence-corrected chi connectivity index (χ4v) is 4.86. The summed E-state index contributed by atoms with van der Waals surface area (Å²) in [5, 5.41) is 0. The third-order valence-corrected chi connectivity index (χ3v) is 6.78. The summed E-state index contributed by atoms with van der Waals surface area (Å²) in [6, 6.07) is 7.62. The molecule has 1 aromatic rings. The maximum Gasteiger partial charge on any atom is 0.310 e. The summed E-state index contributed by atoms with van der Waals surface area (Å²) < 4.78 is 17.6. The molecule has 158 valence electrons. The molecule has 1 aliphatic carbocycles. The SMILES string of the molecule is CCC(=O)OC[C@@]12CO[C@@H](c3ccccc3OC(=O)CC)[C@@H](C(C)=C[C@H]1C)[C@H]2C. The summed E-state index contributed by atoms with van der Waals surface area (Å²) in [5.41, 5.74) is 1.91. The van der Waals surface area contributed by atoms with E-state index in [1.54, 1.807) is 6.92 Å². The first-order chi connectivity index (χ1) is 13.8. The van der Waals surface area contributed by atoms with Crippen LogP contribution in [0.15, 0.2) is 35.9 Å². The van der Waals surface area contributed by atoms with Gasteiger partial charge in [-0.05, 0) is 24.8 Å². The number of esters is 2. The molecular formula is C24H32O5. The zero-order valence-corrected chi connectivity index (χ0v) is 18.1. The third kappa shape index (κ3) is 3.97. The first kappa shape index (κ1) is 21.6. The Hall–Kier alpha value is -2.14. The lowest BCUT2D eigenvalue weighted by Gasteiger charge is -2.55. The fourth-order valence-electron chi connectivity index (χ4n) is 4.86. The summed E-state index contributed by atoms with van der Waals surface area (Å²) in [4.78, 5) is 23.7. The van der Waals surface area contributed by atoms with Crippen LogP contribution in [0.4, 0.5) is 0 Å². The summed E-state index contributed by atoms with van der Waals surface area (Å²) in [6.45, 7) is 11.0. The van der Waals surface area contributed by atoms with Crippen LogP contribution in [0, 0.1) is 23.2 Å². The second kappa shape index (κ2) is 8.70. The second-order valence-electron chi connectivity index (χ2n) is 8.36. The highest BCUT2D eigenvalue weighted by atomic mass is 16.5. The van der Waals surface area contributed by atoms with Gasteiger partial charge in [0.1, 0.15) is 5.75 Å². The second-order valence-corrected chi connectivity index (χ2v) is 8.36. The van der Waals surface area contributed by atoms with E-state index >= 15 is 0 Å². The topological polar surface area (TPSA) is 61.8 Å². The molecule has 0 N–H and O–H groups in total. The van der Waals surface area contributed by atoms with Crippen LogP contribution < -0.4 is 4.74 Å². The Morgan fingerprint density at radius 1 is 1.14 bits per heavy atom. The minimum Gasteiger partial charge on any atom is -0.465 e. The molecule has 1 heterocycles. The van der Waals surface area contributed by atoms with Crippen molar-refractivity contribution in [2.45, 2.75) is 53.6 Å². The zero-order chi connectivity index (χ0) is 21.2. The molecule has 1 fully saturated rings. The van der Waals surface area contributed by atoms with Gasteiger partial charge in [-0.3, -0.25) is 9.59 Å². The highest BCUT2D eigenvalue weighted by Gasteiger charge is 2.54. The number of benzene rings is 1. The summed E-state index contributed by atoms with van der Waals surface area (Å²) in [7, 11) is 0. The maximum absolute atomic E-state index is 11.9. The molecule has 29 heavy (non-hydrogen) atoms. The lowest BCUT2D eigenvalue weighted by Crippen LogP contribution is -2.54. The summed E-state index contributed by atoms with van der Waals surface area (Å²) in [5.74, 6) is 0.746. The predicted molar refractivity (Wildman–Crippen MR) is 110 cm³/mol. The van der Waals surface area contributed by atoms with Crippen molar-refractivity contribution in [3.05, 3.63) is 41.5 Å². The van der Waals surface area contributed by atoms with Gasteiger partial charge < -0.3 is 14.2 Å². The van der Waals surface area contributed by atoms with Crippen molar-refractivity contribution in [3.8, 4) is 5.75 Å². The van der Waals surface area contributed by atoms with Gasteiger partial charge in [0.05, 0.1) is 19.3 Å². The first-order valence-corrected chi connectivity index (χ1v) is 10.6. The number of allylic oxidation sites excluding steroid dienone is 1. The van der Waals surface area contributed by atoms with Crippen molar-refractivity contribution in [2.75, 3.05) is 13.2 Å². The van der Waals surface area contributed by atoms with Crippen LogP contribution in [-0.2, 0) is 19.1 Å². The summed E-state index contributed by atoms with van der Waals surface area (Å²) >= 11 is 0. The Kier molecular flexibility index (Phi) is 6.47. The van der Waals surface area contributed by atoms with Crippen molar-refractivity contribution < 1.29 is 23.8 Å². The molecule has 5 heteroatoms. The molecule has 0 spiro atoms. The van der Waals surface area contributed by atoms with Crippen LogP contribution >= 0.6 is 0 Å². The van der Waals surface area contributed by atoms with Crippen LogP contribution in [0.1, 0.15) is 59.1 Å². The minimum atomic E-state index is -0.258. The number of para-hydroxylation sites is 1. The van der Waals surface area contributed by atoms with E-state index in [2.05, 4.69) is 26.8 Å². The van der Waals surface area contributed by atoms with Gasteiger partial charge >= 0.3 is 11.9 Å². The van der Waals surface area contributed by atoms with Crippen molar-refractivity contribution in [2.24, 2.45) is 23.2 Å². The van der Waals surface area contributed by atoms with Crippen molar-refractivity contribution in [1.82, 2.24) is 0 Å². The smallest absolute Gasteiger partial charge is 0.310 e. The molecule has 1 aliphatic heterocycles. The van der Waals surface area contributed by atoms with Crippen molar-refractivity contribution >= 4 is 11.9 Å². The molecule has 5 atom stereocenters. The fraction of sp³-hybridized carbons (Fsp3) is 0.583. The highest BCUT2D eigenvalue weighted by Crippen LogP contribution is 2.57. The molecule has 1 aromatic carbocycles. The van der Waals surface area contributed by atoms with Crippen molar-refractivity contribution in [3.63, 3.8) is 0 Å². The van der Waals surface area contributed by atoms with Crippen LogP contribution in [0.5, 0.6) is 5.75 Å². The highest BCUT2D eigenvalue weighted by molar-refractivity contribution is 5.72. The van der Waals surface area contributed by atoms with Gasteiger partial charge in [0.2, 0.25) is 0 Å². The van der Waals surface area contributed by atoms with Crippen LogP contribution in [0.3, 0.4) is 0 Å². The molecule has 5 nitrogen and oxygen atoms in total. The number of ether oxygens (including phenoxy) is 3. The maximum atomic E-state index is 11.9. The normalized spacial score (nSPS) is 31.0. The van der Waals surface area contributed by atoms with E-state index < -0.39 is 0 Å². The monoisotopic (exact) mass is 400 g/mol. The number of hydrogen-bond acceptors (Lipinski definition) is 5. The lowest BCUT2D eigenvalue weighted by molar-refractivity contribution is -0.182. The Morgan fingerprint density at radius 3 is 2.52 bits per heavy atom. The summed E-state index contributed by atoms with van der Waals surface area (Å²) in [6.07, 6.45) is 2.78. The molecule has 2 aliphatic rings. The molecule has 0 amide bonds. The van der Waals surface area contributed by atoms with Crippen LogP contribution in [0.25, 0.3) is 0 Å².